The van der Waals surface area contributed by atoms with E-state index in [0.717, 1.165) is 22.6 Å². The third kappa shape index (κ3) is 2.50. The molecule has 1 aromatic rings. The molecule has 0 radical (unpaired) electrons. The molecule has 1 aromatic heterocycles. The molecule has 0 aromatic carbocycles. The van der Waals surface area contributed by atoms with E-state index in [-0.39, 0.29) is 5.78 Å². The van der Waals surface area contributed by atoms with Crippen LogP contribution >= 0.6 is 0 Å². The number of furan rings is 1. The highest BCUT2D eigenvalue weighted by atomic mass is 16.3. The number of hydrogen-bond donors (Lipinski definition) is 0. The fraction of sp³-hybridized carbons (Fsp3) is 0.462. The van der Waals surface area contributed by atoms with E-state index in [1.54, 1.807) is 6.92 Å². The van der Waals surface area contributed by atoms with Crippen LogP contribution in [-0.2, 0) is 0 Å². The summed E-state index contributed by atoms with van der Waals surface area (Å²) in [5.41, 5.74) is 1.70. The van der Waals surface area contributed by atoms with E-state index in [9.17, 15) is 4.79 Å². The minimum absolute atomic E-state index is 0.129. The van der Waals surface area contributed by atoms with Crippen molar-refractivity contribution in [3.05, 3.63) is 22.6 Å². The molecule has 0 aliphatic rings. The summed E-state index contributed by atoms with van der Waals surface area (Å²) in [4.78, 5) is 11.8. The second-order valence-corrected chi connectivity index (χ2v) is 3.56. The van der Waals surface area contributed by atoms with E-state index >= 15 is 0 Å². The normalized spacial score (nSPS) is 9.60. The van der Waals surface area contributed by atoms with Crippen molar-refractivity contribution in [3.8, 4) is 11.8 Å². The smallest absolute Gasteiger partial charge is 0.167 e. The minimum Gasteiger partial charge on any atom is -0.466 e. The molecular formula is C13H16O2. The molecular weight excluding hydrogens is 188 g/mol. The highest BCUT2D eigenvalue weighted by molar-refractivity contribution is 5.98. The number of ketones is 1. The average molecular weight is 204 g/mol. The van der Waals surface area contributed by atoms with Crippen molar-refractivity contribution in [1.29, 1.82) is 0 Å². The van der Waals surface area contributed by atoms with Crippen LogP contribution in [0, 0.1) is 32.6 Å². The minimum atomic E-state index is 0.129. The molecule has 0 aliphatic carbocycles. The van der Waals surface area contributed by atoms with Crippen LogP contribution in [-0.4, -0.2) is 5.78 Å². The van der Waals surface area contributed by atoms with Gasteiger partial charge >= 0.3 is 0 Å². The van der Waals surface area contributed by atoms with Crippen molar-refractivity contribution in [2.75, 3.05) is 0 Å². The lowest BCUT2D eigenvalue weighted by Gasteiger charge is -1.97. The Bertz CT molecular complexity index is 427. The van der Waals surface area contributed by atoms with Crippen LogP contribution in [0.4, 0.5) is 0 Å². The Morgan fingerprint density at radius 3 is 2.40 bits per heavy atom. The van der Waals surface area contributed by atoms with Crippen molar-refractivity contribution in [1.82, 2.24) is 0 Å². The van der Waals surface area contributed by atoms with Gasteiger partial charge in [-0.1, -0.05) is 0 Å². The fourth-order valence-electron chi connectivity index (χ4n) is 1.63. The molecule has 15 heavy (non-hydrogen) atoms. The van der Waals surface area contributed by atoms with Gasteiger partial charge in [0.05, 0.1) is 5.56 Å². The Morgan fingerprint density at radius 1 is 1.27 bits per heavy atom. The fourth-order valence-corrected chi connectivity index (χ4v) is 1.63. The molecule has 2 nitrogen and oxygen atoms in total. The van der Waals surface area contributed by atoms with Gasteiger partial charge in [0, 0.05) is 18.4 Å². The van der Waals surface area contributed by atoms with Gasteiger partial charge in [-0.05, 0) is 27.7 Å². The summed E-state index contributed by atoms with van der Waals surface area (Å²) < 4.78 is 5.42. The summed E-state index contributed by atoms with van der Waals surface area (Å²) in [5, 5.41) is 0. The Morgan fingerprint density at radius 2 is 1.93 bits per heavy atom. The first-order valence-electron chi connectivity index (χ1n) is 5.07. The number of rotatable bonds is 3. The zero-order chi connectivity index (χ0) is 11.4. The highest BCUT2D eigenvalue weighted by Crippen LogP contribution is 2.22. The standard InChI is InChI=1S/C13H16O2/c1-5-6-7-8-12(14)13-9(2)10(3)15-11(13)4/h7-8H2,1-4H3. The van der Waals surface area contributed by atoms with Crippen molar-refractivity contribution < 1.29 is 9.21 Å². The lowest BCUT2D eigenvalue weighted by Crippen LogP contribution is -2.01. The van der Waals surface area contributed by atoms with Crippen LogP contribution in [0.5, 0.6) is 0 Å². The van der Waals surface area contributed by atoms with E-state index in [1.165, 1.54) is 0 Å². The molecule has 1 heterocycles. The number of carbonyl (C=O) groups excluding carboxylic acids is 1. The molecule has 2 heteroatoms. The first kappa shape index (κ1) is 11.6. The van der Waals surface area contributed by atoms with Crippen LogP contribution in [0.1, 0.15) is 47.2 Å². The molecule has 0 N–H and O–H groups in total. The maximum absolute atomic E-state index is 11.8. The van der Waals surface area contributed by atoms with E-state index < -0.39 is 0 Å². The zero-order valence-electron chi connectivity index (χ0n) is 9.73. The molecule has 0 aliphatic heterocycles. The second kappa shape index (κ2) is 4.84. The van der Waals surface area contributed by atoms with Crippen LogP contribution in [0.25, 0.3) is 0 Å². The van der Waals surface area contributed by atoms with Gasteiger partial charge in [0.15, 0.2) is 5.78 Å². The summed E-state index contributed by atoms with van der Waals surface area (Å²) in [6.07, 6.45) is 1.10. The van der Waals surface area contributed by atoms with Crippen LogP contribution in [0.15, 0.2) is 4.42 Å². The highest BCUT2D eigenvalue weighted by Gasteiger charge is 2.17. The van der Waals surface area contributed by atoms with E-state index in [1.807, 2.05) is 20.8 Å². The molecule has 0 fully saturated rings. The first-order chi connectivity index (χ1) is 7.07. The van der Waals surface area contributed by atoms with Gasteiger partial charge in [-0.25, -0.2) is 0 Å². The maximum Gasteiger partial charge on any atom is 0.167 e. The molecule has 80 valence electrons. The van der Waals surface area contributed by atoms with Gasteiger partial charge in [-0.2, -0.15) is 0 Å². The third-order valence-corrected chi connectivity index (χ3v) is 2.49. The maximum atomic E-state index is 11.8. The van der Waals surface area contributed by atoms with Crippen molar-refractivity contribution in [2.45, 2.75) is 40.5 Å². The van der Waals surface area contributed by atoms with Gasteiger partial charge in [-0.15, -0.1) is 11.8 Å². The number of carbonyl (C=O) groups is 1. The second-order valence-electron chi connectivity index (χ2n) is 3.56. The van der Waals surface area contributed by atoms with Crippen molar-refractivity contribution in [2.24, 2.45) is 0 Å². The summed E-state index contributed by atoms with van der Waals surface area (Å²) in [7, 11) is 0. The Labute approximate surface area is 90.7 Å². The largest absolute Gasteiger partial charge is 0.466 e. The number of aryl methyl sites for hydroxylation is 2. The van der Waals surface area contributed by atoms with Crippen LogP contribution < -0.4 is 0 Å². The van der Waals surface area contributed by atoms with Gasteiger partial charge in [0.2, 0.25) is 0 Å². The average Bonchev–Trinajstić information content (AvgIpc) is 2.41. The Kier molecular flexibility index (Phi) is 3.74. The lowest BCUT2D eigenvalue weighted by molar-refractivity contribution is 0.0982. The van der Waals surface area contributed by atoms with Gasteiger partial charge in [0.1, 0.15) is 11.5 Å². The summed E-state index contributed by atoms with van der Waals surface area (Å²) in [6, 6.07) is 0. The van der Waals surface area contributed by atoms with E-state index in [2.05, 4.69) is 11.8 Å². The summed E-state index contributed by atoms with van der Waals surface area (Å²) >= 11 is 0. The SMILES string of the molecule is CC#CCCC(=O)c1c(C)oc(C)c1C. The topological polar surface area (TPSA) is 30.2 Å². The Hall–Kier alpha value is -1.49. The zero-order valence-corrected chi connectivity index (χ0v) is 9.73. The van der Waals surface area contributed by atoms with Gasteiger partial charge in [-0.3, -0.25) is 4.79 Å². The predicted octanol–water partition coefficient (Wildman–Crippen LogP) is 3.19. The first-order valence-corrected chi connectivity index (χ1v) is 5.07. The summed E-state index contributed by atoms with van der Waals surface area (Å²) in [5.74, 6) is 7.36. The molecule has 0 amide bonds. The third-order valence-electron chi connectivity index (χ3n) is 2.49. The van der Waals surface area contributed by atoms with Crippen molar-refractivity contribution in [3.63, 3.8) is 0 Å². The number of hydrogen-bond acceptors (Lipinski definition) is 2. The van der Waals surface area contributed by atoms with E-state index in [4.69, 9.17) is 4.42 Å². The molecule has 0 saturated heterocycles. The molecule has 1 rings (SSSR count). The van der Waals surface area contributed by atoms with E-state index in [0.29, 0.717) is 12.8 Å². The lowest BCUT2D eigenvalue weighted by atomic mass is 10.0. The quantitative estimate of drug-likeness (QED) is 0.559. The van der Waals surface area contributed by atoms with Crippen LogP contribution in [0.3, 0.4) is 0 Å². The predicted molar refractivity (Wildman–Crippen MR) is 59.9 cm³/mol. The molecule has 0 bridgehead atoms. The van der Waals surface area contributed by atoms with Crippen LogP contribution in [0.2, 0.25) is 0 Å². The molecule has 0 saturated carbocycles. The van der Waals surface area contributed by atoms with Gasteiger partial charge in [0.25, 0.3) is 0 Å². The van der Waals surface area contributed by atoms with Gasteiger partial charge < -0.3 is 4.42 Å². The molecule has 0 unspecified atom stereocenters. The monoisotopic (exact) mass is 204 g/mol. The number of Topliss-reactive ketones (excluding diaryl/α,β-unsaturated/α-hetero) is 1. The Balaban J connectivity index is 2.85. The molecule has 0 spiro atoms. The van der Waals surface area contributed by atoms with Crippen molar-refractivity contribution >= 4 is 5.78 Å². The molecule has 0 atom stereocenters. The summed E-state index contributed by atoms with van der Waals surface area (Å²) in [6.45, 7) is 7.41.